The van der Waals surface area contributed by atoms with Crippen molar-refractivity contribution in [3.8, 4) is 0 Å². The van der Waals surface area contributed by atoms with E-state index in [9.17, 15) is 4.79 Å². The van der Waals surface area contributed by atoms with Crippen LogP contribution in [0.2, 0.25) is 0 Å². The quantitative estimate of drug-likeness (QED) is 0.712. The Morgan fingerprint density at radius 2 is 2.00 bits per heavy atom. The van der Waals surface area contributed by atoms with Gasteiger partial charge in [-0.15, -0.1) is 0 Å². The van der Waals surface area contributed by atoms with E-state index in [4.69, 9.17) is 4.74 Å². The van der Waals surface area contributed by atoms with Crippen molar-refractivity contribution in [2.45, 2.75) is 20.0 Å². The van der Waals surface area contributed by atoms with E-state index in [1.807, 2.05) is 51.0 Å². The number of nitrogens with zero attached hydrogens (tertiary/aromatic N) is 1. The molecule has 0 saturated heterocycles. The van der Waals surface area contributed by atoms with Crippen molar-refractivity contribution in [1.29, 1.82) is 0 Å². The average molecular weight is 207 g/mol. The fourth-order valence-electron chi connectivity index (χ4n) is 1.19. The van der Waals surface area contributed by atoms with E-state index in [2.05, 4.69) is 0 Å². The van der Waals surface area contributed by atoms with Crippen LogP contribution in [0.25, 0.3) is 0 Å². The third kappa shape index (κ3) is 3.27. The second-order valence-electron chi connectivity index (χ2n) is 3.90. The van der Waals surface area contributed by atoms with Crippen LogP contribution in [0, 0.1) is 0 Å². The topological polar surface area (TPSA) is 29.5 Å². The minimum Gasteiger partial charge on any atom is -0.459 e. The molecule has 0 spiro atoms. The van der Waals surface area contributed by atoms with Gasteiger partial charge in [-0.2, -0.15) is 0 Å². The highest BCUT2D eigenvalue weighted by molar-refractivity contribution is 5.90. The normalized spacial score (nSPS) is 10.2. The van der Waals surface area contributed by atoms with Gasteiger partial charge in [-0.3, -0.25) is 0 Å². The molecular formula is C12H17NO2. The molecule has 0 radical (unpaired) electrons. The number of ether oxygens (including phenoxy) is 1. The first kappa shape index (κ1) is 11.6. The molecule has 0 N–H and O–H groups in total. The van der Waals surface area contributed by atoms with Crippen molar-refractivity contribution in [1.82, 2.24) is 0 Å². The molecule has 0 heterocycles. The number of esters is 1. The maximum Gasteiger partial charge on any atom is 0.338 e. The van der Waals surface area contributed by atoms with Crippen molar-refractivity contribution < 1.29 is 9.53 Å². The minimum atomic E-state index is -0.270. The zero-order valence-corrected chi connectivity index (χ0v) is 9.65. The third-order valence-corrected chi connectivity index (χ3v) is 1.94. The van der Waals surface area contributed by atoms with E-state index in [-0.39, 0.29) is 12.1 Å². The molecule has 0 aliphatic rings. The van der Waals surface area contributed by atoms with Crippen molar-refractivity contribution in [3.63, 3.8) is 0 Å². The predicted octanol–water partition coefficient (Wildman–Crippen LogP) is 2.32. The maximum atomic E-state index is 11.6. The molecule has 0 fully saturated rings. The maximum absolute atomic E-state index is 11.6. The molecule has 3 heteroatoms. The van der Waals surface area contributed by atoms with Gasteiger partial charge in [0.05, 0.1) is 11.7 Å². The highest BCUT2D eigenvalue weighted by Crippen LogP contribution is 2.14. The van der Waals surface area contributed by atoms with Gasteiger partial charge in [0.1, 0.15) is 0 Å². The molecule has 0 atom stereocenters. The van der Waals surface area contributed by atoms with E-state index in [0.29, 0.717) is 5.56 Å². The molecule has 3 nitrogen and oxygen atoms in total. The molecule has 82 valence electrons. The first-order valence-electron chi connectivity index (χ1n) is 4.99. The summed E-state index contributed by atoms with van der Waals surface area (Å²) in [7, 11) is 3.87. The van der Waals surface area contributed by atoms with E-state index < -0.39 is 0 Å². The number of rotatable bonds is 3. The molecule has 15 heavy (non-hydrogen) atoms. The summed E-state index contributed by atoms with van der Waals surface area (Å²) in [5.74, 6) is -0.270. The fourth-order valence-corrected chi connectivity index (χ4v) is 1.19. The van der Waals surface area contributed by atoms with Gasteiger partial charge >= 0.3 is 5.97 Å². The van der Waals surface area contributed by atoms with Gasteiger partial charge in [0, 0.05) is 19.8 Å². The first-order chi connectivity index (χ1) is 7.00. The Kier molecular flexibility index (Phi) is 3.72. The summed E-state index contributed by atoms with van der Waals surface area (Å²) in [4.78, 5) is 13.5. The highest BCUT2D eigenvalue weighted by atomic mass is 16.5. The number of benzene rings is 1. The van der Waals surface area contributed by atoms with Crippen LogP contribution in [-0.4, -0.2) is 26.2 Å². The van der Waals surface area contributed by atoms with Crippen LogP contribution in [0.15, 0.2) is 24.3 Å². The second-order valence-corrected chi connectivity index (χ2v) is 3.90. The van der Waals surface area contributed by atoms with Gasteiger partial charge in [0.15, 0.2) is 0 Å². The van der Waals surface area contributed by atoms with E-state index in [0.717, 1.165) is 5.69 Å². The van der Waals surface area contributed by atoms with Gasteiger partial charge < -0.3 is 9.64 Å². The summed E-state index contributed by atoms with van der Waals surface area (Å²) in [6, 6.07) is 7.39. The van der Waals surface area contributed by atoms with Gasteiger partial charge in [-0.1, -0.05) is 6.07 Å². The van der Waals surface area contributed by atoms with Crippen LogP contribution < -0.4 is 4.90 Å². The lowest BCUT2D eigenvalue weighted by atomic mass is 10.2. The monoisotopic (exact) mass is 207 g/mol. The molecular weight excluding hydrogens is 190 g/mol. The Bertz CT molecular complexity index is 345. The van der Waals surface area contributed by atoms with Gasteiger partial charge in [0.25, 0.3) is 0 Å². The van der Waals surface area contributed by atoms with E-state index in [1.165, 1.54) is 0 Å². The van der Waals surface area contributed by atoms with Gasteiger partial charge in [0.2, 0.25) is 0 Å². The summed E-state index contributed by atoms with van der Waals surface area (Å²) >= 11 is 0. The minimum absolute atomic E-state index is 0.0829. The molecule has 1 aromatic carbocycles. The number of hydrogen-bond donors (Lipinski definition) is 0. The summed E-state index contributed by atoms with van der Waals surface area (Å²) in [5.41, 5.74) is 1.59. The summed E-state index contributed by atoms with van der Waals surface area (Å²) in [5, 5.41) is 0. The Labute approximate surface area is 90.7 Å². The standard InChI is InChI=1S/C12H17NO2/c1-9(2)15-12(14)10-6-5-7-11(8-10)13(3)4/h5-9H,1-4H3. The van der Waals surface area contributed by atoms with Crippen LogP contribution in [0.1, 0.15) is 24.2 Å². The Balaban J connectivity index is 2.85. The number of anilines is 1. The Morgan fingerprint density at radius 1 is 1.33 bits per heavy atom. The molecule has 0 unspecified atom stereocenters. The number of hydrogen-bond acceptors (Lipinski definition) is 3. The van der Waals surface area contributed by atoms with Crippen LogP contribution in [-0.2, 0) is 4.74 Å². The van der Waals surface area contributed by atoms with E-state index >= 15 is 0 Å². The Morgan fingerprint density at radius 3 is 2.53 bits per heavy atom. The van der Waals surface area contributed by atoms with Crippen LogP contribution in [0.3, 0.4) is 0 Å². The molecule has 0 aliphatic heterocycles. The van der Waals surface area contributed by atoms with Crippen molar-refractivity contribution in [3.05, 3.63) is 29.8 Å². The molecule has 0 aliphatic carbocycles. The predicted molar refractivity (Wildman–Crippen MR) is 61.3 cm³/mol. The summed E-state index contributed by atoms with van der Waals surface area (Å²) in [6.07, 6.45) is -0.0829. The van der Waals surface area contributed by atoms with Crippen molar-refractivity contribution in [2.24, 2.45) is 0 Å². The van der Waals surface area contributed by atoms with Crippen LogP contribution in [0.5, 0.6) is 0 Å². The number of carbonyl (C=O) groups is 1. The lowest BCUT2D eigenvalue weighted by Gasteiger charge is -2.13. The molecule has 1 aromatic rings. The van der Waals surface area contributed by atoms with Crippen LogP contribution in [0.4, 0.5) is 5.69 Å². The SMILES string of the molecule is CC(C)OC(=O)c1cccc(N(C)C)c1. The van der Waals surface area contributed by atoms with Gasteiger partial charge in [-0.05, 0) is 32.0 Å². The first-order valence-corrected chi connectivity index (χ1v) is 4.99. The average Bonchev–Trinajstić information content (AvgIpc) is 2.17. The van der Waals surface area contributed by atoms with Crippen LogP contribution >= 0.6 is 0 Å². The molecule has 0 amide bonds. The smallest absolute Gasteiger partial charge is 0.338 e. The molecule has 1 rings (SSSR count). The number of carbonyl (C=O) groups excluding carboxylic acids is 1. The highest BCUT2D eigenvalue weighted by Gasteiger charge is 2.09. The molecule has 0 saturated carbocycles. The van der Waals surface area contributed by atoms with Crippen molar-refractivity contribution >= 4 is 11.7 Å². The zero-order valence-electron chi connectivity index (χ0n) is 9.65. The van der Waals surface area contributed by atoms with Gasteiger partial charge in [-0.25, -0.2) is 4.79 Å². The third-order valence-electron chi connectivity index (χ3n) is 1.94. The lowest BCUT2D eigenvalue weighted by molar-refractivity contribution is 0.0378. The molecule has 0 bridgehead atoms. The summed E-state index contributed by atoms with van der Waals surface area (Å²) < 4.78 is 5.11. The molecule has 0 aromatic heterocycles. The zero-order chi connectivity index (χ0) is 11.4. The fraction of sp³-hybridized carbons (Fsp3) is 0.417. The Hall–Kier alpha value is -1.51. The largest absolute Gasteiger partial charge is 0.459 e. The van der Waals surface area contributed by atoms with E-state index in [1.54, 1.807) is 6.07 Å². The summed E-state index contributed by atoms with van der Waals surface area (Å²) in [6.45, 7) is 3.68. The lowest BCUT2D eigenvalue weighted by Crippen LogP contribution is -2.13. The second kappa shape index (κ2) is 4.82. The van der Waals surface area contributed by atoms with Crippen molar-refractivity contribution in [2.75, 3.05) is 19.0 Å².